The van der Waals surface area contributed by atoms with E-state index in [-0.39, 0.29) is 0 Å². The molecule has 1 saturated carbocycles. The lowest BCUT2D eigenvalue weighted by atomic mass is 10.0. The molecular weight excluding hydrogens is 210 g/mol. The first kappa shape index (κ1) is 12.4. The molecule has 1 aliphatic carbocycles. The number of ether oxygens (including phenoxy) is 1. The summed E-state index contributed by atoms with van der Waals surface area (Å²) in [7, 11) is 1.75. The average Bonchev–Trinajstić information content (AvgIpc) is 3.13. The third-order valence-corrected chi connectivity index (χ3v) is 3.32. The summed E-state index contributed by atoms with van der Waals surface area (Å²) in [4.78, 5) is 0. The Balaban J connectivity index is 1.74. The van der Waals surface area contributed by atoms with Crippen LogP contribution < -0.4 is 10.1 Å². The quantitative estimate of drug-likeness (QED) is 0.731. The SMILES string of the molecule is COc1ccc(C)cc1CCCCNC1CC1. The minimum Gasteiger partial charge on any atom is -0.496 e. The first-order valence-electron chi connectivity index (χ1n) is 6.66. The van der Waals surface area contributed by atoms with E-state index in [2.05, 4.69) is 30.4 Å². The molecule has 1 N–H and O–H groups in total. The number of methoxy groups -OCH3 is 1. The minimum atomic E-state index is 0.837. The smallest absolute Gasteiger partial charge is 0.122 e. The molecule has 0 amide bonds. The van der Waals surface area contributed by atoms with Crippen molar-refractivity contribution in [2.45, 2.75) is 45.1 Å². The summed E-state index contributed by atoms with van der Waals surface area (Å²) in [5, 5.41) is 3.55. The molecule has 1 fully saturated rings. The van der Waals surface area contributed by atoms with Crippen LogP contribution in [0.4, 0.5) is 0 Å². The van der Waals surface area contributed by atoms with Crippen molar-refractivity contribution in [2.24, 2.45) is 0 Å². The topological polar surface area (TPSA) is 21.3 Å². The lowest BCUT2D eigenvalue weighted by Gasteiger charge is -2.09. The second kappa shape index (κ2) is 6.06. The predicted molar refractivity (Wildman–Crippen MR) is 71.7 cm³/mol. The van der Waals surface area contributed by atoms with Crippen LogP contribution in [0.25, 0.3) is 0 Å². The van der Waals surface area contributed by atoms with E-state index in [1.165, 1.54) is 43.4 Å². The zero-order valence-electron chi connectivity index (χ0n) is 11.0. The molecule has 0 spiro atoms. The molecule has 2 nitrogen and oxygen atoms in total. The Labute approximate surface area is 104 Å². The molecule has 0 saturated heterocycles. The highest BCUT2D eigenvalue weighted by Gasteiger charge is 2.19. The van der Waals surface area contributed by atoms with Gasteiger partial charge in [-0.15, -0.1) is 0 Å². The van der Waals surface area contributed by atoms with Gasteiger partial charge in [-0.2, -0.15) is 0 Å². The van der Waals surface area contributed by atoms with Gasteiger partial charge in [0.1, 0.15) is 5.75 Å². The maximum atomic E-state index is 5.39. The number of benzene rings is 1. The Morgan fingerprint density at radius 2 is 2.12 bits per heavy atom. The summed E-state index contributed by atoms with van der Waals surface area (Å²) in [5.74, 6) is 1.03. The number of nitrogens with one attached hydrogen (secondary N) is 1. The molecule has 0 atom stereocenters. The van der Waals surface area contributed by atoms with Gasteiger partial charge in [0.25, 0.3) is 0 Å². The van der Waals surface area contributed by atoms with E-state index >= 15 is 0 Å². The second-order valence-corrected chi connectivity index (χ2v) is 5.00. The Morgan fingerprint density at radius 1 is 1.29 bits per heavy atom. The number of aryl methyl sites for hydroxylation is 2. The second-order valence-electron chi connectivity index (χ2n) is 5.00. The Hall–Kier alpha value is -1.02. The number of hydrogen-bond donors (Lipinski definition) is 1. The van der Waals surface area contributed by atoms with Gasteiger partial charge in [0, 0.05) is 6.04 Å². The Kier molecular flexibility index (Phi) is 4.43. The van der Waals surface area contributed by atoms with Crippen molar-refractivity contribution in [1.29, 1.82) is 0 Å². The third kappa shape index (κ3) is 4.04. The Morgan fingerprint density at radius 3 is 2.82 bits per heavy atom. The third-order valence-electron chi connectivity index (χ3n) is 3.32. The molecule has 1 aromatic rings. The normalized spacial score (nSPS) is 14.9. The lowest BCUT2D eigenvalue weighted by molar-refractivity contribution is 0.408. The van der Waals surface area contributed by atoms with Gasteiger partial charge in [-0.05, 0) is 57.2 Å². The van der Waals surface area contributed by atoms with Gasteiger partial charge in [-0.3, -0.25) is 0 Å². The lowest BCUT2D eigenvalue weighted by Crippen LogP contribution is -2.17. The van der Waals surface area contributed by atoms with Crippen LogP contribution >= 0.6 is 0 Å². The fourth-order valence-corrected chi connectivity index (χ4v) is 2.14. The van der Waals surface area contributed by atoms with Crippen LogP contribution in [0.5, 0.6) is 5.75 Å². The first-order chi connectivity index (χ1) is 8.29. The zero-order valence-corrected chi connectivity index (χ0v) is 11.0. The fourth-order valence-electron chi connectivity index (χ4n) is 2.14. The van der Waals surface area contributed by atoms with E-state index in [9.17, 15) is 0 Å². The van der Waals surface area contributed by atoms with Crippen LogP contribution in [0.3, 0.4) is 0 Å². The van der Waals surface area contributed by atoms with Crippen molar-refractivity contribution in [1.82, 2.24) is 5.32 Å². The van der Waals surface area contributed by atoms with Crippen molar-refractivity contribution in [3.63, 3.8) is 0 Å². The van der Waals surface area contributed by atoms with E-state index in [4.69, 9.17) is 4.74 Å². The number of rotatable bonds is 7. The van der Waals surface area contributed by atoms with E-state index < -0.39 is 0 Å². The standard InChI is InChI=1S/C15H23NO/c1-12-6-9-15(17-2)13(11-12)5-3-4-10-16-14-7-8-14/h6,9,11,14,16H,3-5,7-8,10H2,1-2H3. The van der Waals surface area contributed by atoms with Gasteiger partial charge < -0.3 is 10.1 Å². The maximum Gasteiger partial charge on any atom is 0.122 e. The van der Waals surface area contributed by atoms with Crippen LogP contribution in [0, 0.1) is 6.92 Å². The van der Waals surface area contributed by atoms with E-state index in [1.807, 2.05) is 0 Å². The molecule has 0 radical (unpaired) electrons. The van der Waals surface area contributed by atoms with E-state index in [0.29, 0.717) is 0 Å². The van der Waals surface area contributed by atoms with Crippen LogP contribution in [0.2, 0.25) is 0 Å². The summed E-state index contributed by atoms with van der Waals surface area (Å²) in [5.41, 5.74) is 2.66. The van der Waals surface area contributed by atoms with Gasteiger partial charge in [0.05, 0.1) is 7.11 Å². The van der Waals surface area contributed by atoms with Crippen molar-refractivity contribution >= 4 is 0 Å². The molecule has 17 heavy (non-hydrogen) atoms. The number of unbranched alkanes of at least 4 members (excludes halogenated alkanes) is 1. The van der Waals surface area contributed by atoms with Crippen molar-refractivity contribution in [2.75, 3.05) is 13.7 Å². The fraction of sp³-hybridized carbons (Fsp3) is 0.600. The highest BCUT2D eigenvalue weighted by Crippen LogP contribution is 2.22. The van der Waals surface area contributed by atoms with Crippen LogP contribution in [-0.4, -0.2) is 19.7 Å². The van der Waals surface area contributed by atoms with Gasteiger partial charge in [0.2, 0.25) is 0 Å². The van der Waals surface area contributed by atoms with Crippen LogP contribution in [0.1, 0.15) is 36.8 Å². The monoisotopic (exact) mass is 233 g/mol. The molecule has 94 valence electrons. The molecule has 1 aliphatic rings. The largest absolute Gasteiger partial charge is 0.496 e. The van der Waals surface area contributed by atoms with Gasteiger partial charge in [-0.25, -0.2) is 0 Å². The van der Waals surface area contributed by atoms with Crippen molar-refractivity contribution in [3.05, 3.63) is 29.3 Å². The van der Waals surface area contributed by atoms with Gasteiger partial charge >= 0.3 is 0 Å². The van der Waals surface area contributed by atoms with Crippen LogP contribution in [0.15, 0.2) is 18.2 Å². The summed E-state index contributed by atoms with van der Waals surface area (Å²) >= 11 is 0. The summed E-state index contributed by atoms with van der Waals surface area (Å²) < 4.78 is 5.39. The first-order valence-corrected chi connectivity index (χ1v) is 6.66. The van der Waals surface area contributed by atoms with Crippen molar-refractivity contribution in [3.8, 4) is 5.75 Å². The molecule has 0 aromatic heterocycles. The highest BCUT2D eigenvalue weighted by molar-refractivity contribution is 5.36. The van der Waals surface area contributed by atoms with E-state index in [0.717, 1.165) is 18.2 Å². The summed E-state index contributed by atoms with van der Waals surface area (Å²) in [6.45, 7) is 3.30. The molecule has 1 aromatic carbocycles. The van der Waals surface area contributed by atoms with Gasteiger partial charge in [0.15, 0.2) is 0 Å². The molecule has 0 unspecified atom stereocenters. The Bertz CT molecular complexity index is 358. The zero-order chi connectivity index (χ0) is 12.1. The summed E-state index contributed by atoms with van der Waals surface area (Å²) in [6, 6.07) is 7.26. The molecule has 0 bridgehead atoms. The maximum absolute atomic E-state index is 5.39. The molecular formula is C15H23NO. The molecule has 2 heteroatoms. The summed E-state index contributed by atoms with van der Waals surface area (Å²) in [6.07, 6.45) is 6.38. The van der Waals surface area contributed by atoms with Crippen molar-refractivity contribution < 1.29 is 4.74 Å². The average molecular weight is 233 g/mol. The molecule has 0 heterocycles. The van der Waals surface area contributed by atoms with E-state index in [1.54, 1.807) is 7.11 Å². The minimum absolute atomic E-state index is 0.837. The van der Waals surface area contributed by atoms with Crippen LogP contribution in [-0.2, 0) is 6.42 Å². The highest BCUT2D eigenvalue weighted by atomic mass is 16.5. The van der Waals surface area contributed by atoms with Gasteiger partial charge in [-0.1, -0.05) is 17.7 Å². The molecule has 2 rings (SSSR count). The molecule has 0 aliphatic heterocycles. The number of hydrogen-bond acceptors (Lipinski definition) is 2. The predicted octanol–water partition coefficient (Wildman–Crippen LogP) is 3.08.